The van der Waals surface area contributed by atoms with Gasteiger partial charge in [0.15, 0.2) is 6.61 Å². The van der Waals surface area contributed by atoms with Crippen LogP contribution < -0.4 is 4.74 Å². The Morgan fingerprint density at radius 2 is 2.14 bits per heavy atom. The number of benzene rings is 1. The molecule has 1 aliphatic heterocycles. The van der Waals surface area contributed by atoms with Gasteiger partial charge in [0, 0.05) is 6.54 Å². The third kappa shape index (κ3) is 4.20. The molecule has 0 saturated carbocycles. The first-order valence-electron chi connectivity index (χ1n) is 6.82. The molecule has 1 heterocycles. The van der Waals surface area contributed by atoms with Crippen LogP contribution in [0.4, 0.5) is 0 Å². The van der Waals surface area contributed by atoms with Gasteiger partial charge in [-0.15, -0.1) is 0 Å². The van der Waals surface area contributed by atoms with Crippen molar-refractivity contribution in [3.63, 3.8) is 0 Å². The summed E-state index contributed by atoms with van der Waals surface area (Å²) < 4.78 is 10.6. The van der Waals surface area contributed by atoms with Crippen LogP contribution in [-0.4, -0.2) is 54.3 Å². The quantitative estimate of drug-likeness (QED) is 0.857. The molecule has 1 aromatic rings. The number of morpholine rings is 1. The molecule has 1 aliphatic rings. The maximum atomic E-state index is 12.2. The van der Waals surface area contributed by atoms with Crippen LogP contribution in [-0.2, 0) is 14.3 Å². The summed E-state index contributed by atoms with van der Waals surface area (Å²) in [6.45, 7) is 0.781. The summed E-state index contributed by atoms with van der Waals surface area (Å²) >= 11 is 0. The lowest BCUT2D eigenvalue weighted by Crippen LogP contribution is -2.51. The highest BCUT2D eigenvalue weighted by Gasteiger charge is 2.29. The van der Waals surface area contributed by atoms with Gasteiger partial charge in [0.1, 0.15) is 5.75 Å². The number of carbonyl (C=O) groups is 2. The number of amides is 1. The molecule has 116 valence electrons. The SMILES string of the molecule is N#Cc1ccc(OCC(=O)N2CCOC[C@@H]2CC(=O)O)cc1. The summed E-state index contributed by atoms with van der Waals surface area (Å²) in [4.78, 5) is 24.5. The Bertz CT molecular complexity index is 579. The molecule has 22 heavy (non-hydrogen) atoms. The van der Waals surface area contributed by atoms with Gasteiger partial charge in [-0.25, -0.2) is 0 Å². The smallest absolute Gasteiger partial charge is 0.305 e. The molecule has 7 nitrogen and oxygen atoms in total. The topological polar surface area (TPSA) is 99.9 Å². The zero-order valence-electron chi connectivity index (χ0n) is 11.9. The number of rotatable bonds is 5. The van der Waals surface area contributed by atoms with Crippen LogP contribution in [0.1, 0.15) is 12.0 Å². The molecule has 1 fully saturated rings. The molecule has 0 radical (unpaired) electrons. The van der Waals surface area contributed by atoms with E-state index in [0.717, 1.165) is 0 Å². The molecular formula is C15H16N2O5. The Balaban J connectivity index is 1.91. The van der Waals surface area contributed by atoms with Crippen molar-refractivity contribution in [2.45, 2.75) is 12.5 Å². The highest BCUT2D eigenvalue weighted by molar-refractivity contribution is 5.79. The lowest BCUT2D eigenvalue weighted by Gasteiger charge is -2.34. The second-order valence-corrected chi connectivity index (χ2v) is 4.84. The van der Waals surface area contributed by atoms with Gasteiger partial charge in [-0.3, -0.25) is 9.59 Å². The van der Waals surface area contributed by atoms with Crippen molar-refractivity contribution in [3.8, 4) is 11.8 Å². The number of nitriles is 1. The number of hydrogen-bond acceptors (Lipinski definition) is 5. The monoisotopic (exact) mass is 304 g/mol. The molecule has 0 bridgehead atoms. The second-order valence-electron chi connectivity index (χ2n) is 4.84. The van der Waals surface area contributed by atoms with E-state index in [1.165, 1.54) is 4.90 Å². The van der Waals surface area contributed by atoms with Crippen molar-refractivity contribution >= 4 is 11.9 Å². The third-order valence-corrected chi connectivity index (χ3v) is 3.30. The number of aliphatic carboxylic acids is 1. The minimum absolute atomic E-state index is 0.150. The van der Waals surface area contributed by atoms with Crippen LogP contribution in [0.3, 0.4) is 0 Å². The highest BCUT2D eigenvalue weighted by atomic mass is 16.5. The fraction of sp³-hybridized carbons (Fsp3) is 0.400. The predicted octanol–water partition coefficient (Wildman–Crippen LogP) is 0.639. The minimum atomic E-state index is -0.971. The van der Waals surface area contributed by atoms with E-state index in [1.807, 2.05) is 6.07 Å². The summed E-state index contributed by atoms with van der Waals surface area (Å²) in [5.74, 6) is -0.768. The lowest BCUT2D eigenvalue weighted by molar-refractivity contribution is -0.147. The summed E-state index contributed by atoms with van der Waals surface area (Å²) in [5.41, 5.74) is 0.508. The maximum Gasteiger partial charge on any atom is 0.305 e. The van der Waals surface area contributed by atoms with Crippen molar-refractivity contribution in [1.82, 2.24) is 4.90 Å². The lowest BCUT2D eigenvalue weighted by atomic mass is 10.1. The largest absolute Gasteiger partial charge is 0.484 e. The summed E-state index contributed by atoms with van der Waals surface area (Å²) in [7, 11) is 0. The van der Waals surface area contributed by atoms with E-state index < -0.39 is 12.0 Å². The zero-order chi connectivity index (χ0) is 15.9. The van der Waals surface area contributed by atoms with E-state index in [4.69, 9.17) is 19.8 Å². The summed E-state index contributed by atoms with van der Waals surface area (Å²) in [6, 6.07) is 7.95. The Morgan fingerprint density at radius 1 is 1.41 bits per heavy atom. The molecule has 7 heteroatoms. The Morgan fingerprint density at radius 3 is 2.77 bits per heavy atom. The summed E-state index contributed by atoms with van der Waals surface area (Å²) in [5, 5.41) is 17.6. The van der Waals surface area contributed by atoms with Crippen molar-refractivity contribution < 1.29 is 24.2 Å². The van der Waals surface area contributed by atoms with E-state index in [9.17, 15) is 9.59 Å². The van der Waals surface area contributed by atoms with Gasteiger partial charge in [-0.1, -0.05) is 0 Å². The van der Waals surface area contributed by atoms with Crippen LogP contribution in [0.2, 0.25) is 0 Å². The molecular weight excluding hydrogens is 288 g/mol. The van der Waals surface area contributed by atoms with Crippen LogP contribution >= 0.6 is 0 Å². The average molecular weight is 304 g/mol. The minimum Gasteiger partial charge on any atom is -0.484 e. The Hall–Kier alpha value is -2.59. The van der Waals surface area contributed by atoms with Crippen molar-refractivity contribution in [3.05, 3.63) is 29.8 Å². The first kappa shape index (κ1) is 15.8. The first-order chi connectivity index (χ1) is 10.6. The molecule has 2 rings (SSSR count). The van der Waals surface area contributed by atoms with Gasteiger partial charge < -0.3 is 19.5 Å². The second kappa shape index (κ2) is 7.43. The predicted molar refractivity (Wildman–Crippen MR) is 75.2 cm³/mol. The molecule has 0 aliphatic carbocycles. The van der Waals surface area contributed by atoms with E-state index >= 15 is 0 Å². The van der Waals surface area contributed by atoms with E-state index in [1.54, 1.807) is 24.3 Å². The molecule has 0 spiro atoms. The Labute approximate surface area is 127 Å². The number of nitrogens with zero attached hydrogens (tertiary/aromatic N) is 2. The standard InChI is InChI=1S/C15H16N2O5/c16-8-11-1-3-13(4-2-11)22-10-14(18)17-5-6-21-9-12(17)7-15(19)20/h1-4,12H,5-7,9-10H2,(H,19,20)/t12-/m0/s1. The van der Waals surface area contributed by atoms with Gasteiger partial charge in [0.05, 0.1) is 37.3 Å². The number of hydrogen-bond donors (Lipinski definition) is 1. The number of ether oxygens (including phenoxy) is 2. The molecule has 0 unspecified atom stereocenters. The number of carboxylic acids is 1. The molecule has 1 aromatic carbocycles. The van der Waals surface area contributed by atoms with Gasteiger partial charge in [-0.05, 0) is 24.3 Å². The number of carboxylic acid groups (broad SMARTS) is 1. The number of carbonyl (C=O) groups excluding carboxylic acids is 1. The van der Waals surface area contributed by atoms with Crippen molar-refractivity contribution in [2.24, 2.45) is 0 Å². The first-order valence-corrected chi connectivity index (χ1v) is 6.82. The summed E-state index contributed by atoms with van der Waals surface area (Å²) in [6.07, 6.45) is -0.150. The van der Waals surface area contributed by atoms with Gasteiger partial charge in [-0.2, -0.15) is 5.26 Å². The molecule has 1 saturated heterocycles. The molecule has 1 N–H and O–H groups in total. The molecule has 1 atom stereocenters. The Kier molecular flexibility index (Phi) is 5.33. The van der Waals surface area contributed by atoms with E-state index in [0.29, 0.717) is 24.5 Å². The van der Waals surface area contributed by atoms with Crippen LogP contribution in [0, 0.1) is 11.3 Å². The fourth-order valence-electron chi connectivity index (χ4n) is 2.21. The fourth-order valence-corrected chi connectivity index (χ4v) is 2.21. The van der Waals surface area contributed by atoms with Crippen LogP contribution in [0.5, 0.6) is 5.75 Å². The van der Waals surface area contributed by atoms with E-state index in [2.05, 4.69) is 0 Å². The molecule has 0 aromatic heterocycles. The zero-order valence-corrected chi connectivity index (χ0v) is 11.9. The van der Waals surface area contributed by atoms with Crippen LogP contribution in [0.25, 0.3) is 0 Å². The normalized spacial score (nSPS) is 17.6. The van der Waals surface area contributed by atoms with Crippen LogP contribution in [0.15, 0.2) is 24.3 Å². The van der Waals surface area contributed by atoms with Gasteiger partial charge >= 0.3 is 5.97 Å². The average Bonchev–Trinajstić information content (AvgIpc) is 2.53. The van der Waals surface area contributed by atoms with Crippen molar-refractivity contribution in [1.29, 1.82) is 5.26 Å². The van der Waals surface area contributed by atoms with E-state index in [-0.39, 0.29) is 25.5 Å². The third-order valence-electron chi connectivity index (χ3n) is 3.30. The van der Waals surface area contributed by atoms with Gasteiger partial charge in [0.2, 0.25) is 0 Å². The van der Waals surface area contributed by atoms with Gasteiger partial charge in [0.25, 0.3) is 5.91 Å². The highest BCUT2D eigenvalue weighted by Crippen LogP contribution is 2.14. The maximum absolute atomic E-state index is 12.2. The van der Waals surface area contributed by atoms with Crippen molar-refractivity contribution in [2.75, 3.05) is 26.4 Å². The molecule has 1 amide bonds.